The molecule has 1 aromatic rings. The largest absolute Gasteiger partial charge is 0.381 e. The molecule has 5 heteroatoms. The van der Waals surface area contributed by atoms with Gasteiger partial charge in [0.25, 0.3) is 0 Å². The summed E-state index contributed by atoms with van der Waals surface area (Å²) in [6, 6.07) is 0. The monoisotopic (exact) mass is 182 g/mol. The average molecular weight is 182 g/mol. The third-order valence-corrected chi connectivity index (χ3v) is 2.27. The molecule has 2 rings (SSSR count). The van der Waals surface area contributed by atoms with Crippen molar-refractivity contribution in [3.8, 4) is 0 Å². The zero-order valence-electron chi connectivity index (χ0n) is 7.68. The van der Waals surface area contributed by atoms with Crippen LogP contribution in [0.1, 0.15) is 19.8 Å². The van der Waals surface area contributed by atoms with Crippen molar-refractivity contribution in [2.24, 2.45) is 0 Å². The molecular formula is C8H14N4O. The molecule has 1 saturated heterocycles. The maximum absolute atomic E-state index is 5.65. The first-order valence-electron chi connectivity index (χ1n) is 4.55. The van der Waals surface area contributed by atoms with Gasteiger partial charge in [-0.15, -0.1) is 5.10 Å². The van der Waals surface area contributed by atoms with Crippen LogP contribution in [0, 0.1) is 0 Å². The third-order valence-electron chi connectivity index (χ3n) is 2.27. The summed E-state index contributed by atoms with van der Waals surface area (Å²) in [7, 11) is 0. The van der Waals surface area contributed by atoms with Crippen LogP contribution in [0.15, 0.2) is 6.20 Å². The van der Waals surface area contributed by atoms with Gasteiger partial charge in [-0.05, 0) is 19.8 Å². The number of nitrogen functional groups attached to an aromatic ring is 1. The predicted octanol–water partition coefficient (Wildman–Crippen LogP) is 0.428. The molecule has 0 aromatic carbocycles. The Balaban J connectivity index is 1.91. The van der Waals surface area contributed by atoms with E-state index in [1.54, 1.807) is 10.9 Å². The van der Waals surface area contributed by atoms with Gasteiger partial charge in [0.05, 0.1) is 24.9 Å². The van der Waals surface area contributed by atoms with E-state index in [2.05, 4.69) is 17.2 Å². The number of rotatable bonds is 2. The normalized spacial score (nSPS) is 28.1. The molecule has 0 radical (unpaired) electrons. The van der Waals surface area contributed by atoms with Crippen LogP contribution in [0.25, 0.3) is 0 Å². The molecule has 72 valence electrons. The summed E-state index contributed by atoms with van der Waals surface area (Å²) in [5.41, 5.74) is 5.44. The summed E-state index contributed by atoms with van der Waals surface area (Å²) in [6.07, 6.45) is 4.62. The topological polar surface area (TPSA) is 66.0 Å². The van der Waals surface area contributed by atoms with Gasteiger partial charge in [0.1, 0.15) is 0 Å². The number of hydrogen-bond donors (Lipinski definition) is 1. The first-order valence-corrected chi connectivity index (χ1v) is 4.55. The van der Waals surface area contributed by atoms with Crippen molar-refractivity contribution in [1.82, 2.24) is 15.0 Å². The molecule has 0 amide bonds. The summed E-state index contributed by atoms with van der Waals surface area (Å²) in [5.74, 6) is 0.464. The Kier molecular flexibility index (Phi) is 2.18. The van der Waals surface area contributed by atoms with Crippen LogP contribution in [0.2, 0.25) is 0 Å². The Labute approximate surface area is 76.9 Å². The van der Waals surface area contributed by atoms with Crippen LogP contribution in [0.3, 0.4) is 0 Å². The highest BCUT2D eigenvalue weighted by molar-refractivity contribution is 5.19. The van der Waals surface area contributed by atoms with E-state index < -0.39 is 0 Å². The lowest BCUT2D eigenvalue weighted by Gasteiger charge is -2.09. The Morgan fingerprint density at radius 1 is 1.69 bits per heavy atom. The van der Waals surface area contributed by atoms with Gasteiger partial charge in [0.2, 0.25) is 0 Å². The second-order valence-electron chi connectivity index (χ2n) is 3.51. The molecular weight excluding hydrogens is 168 g/mol. The molecule has 0 spiro atoms. The molecule has 0 bridgehead atoms. The van der Waals surface area contributed by atoms with E-state index in [0.29, 0.717) is 11.9 Å². The Morgan fingerprint density at radius 3 is 3.08 bits per heavy atom. The molecule has 1 aromatic heterocycles. The average Bonchev–Trinajstić information content (AvgIpc) is 2.62. The molecule has 2 unspecified atom stereocenters. The van der Waals surface area contributed by atoms with Crippen molar-refractivity contribution in [1.29, 1.82) is 0 Å². The SMILES string of the molecule is CC1CCC(Cn2cc(N)nn2)O1. The molecule has 0 saturated carbocycles. The summed E-state index contributed by atoms with van der Waals surface area (Å²) in [6.45, 7) is 2.85. The first-order chi connectivity index (χ1) is 6.24. The smallest absolute Gasteiger partial charge is 0.165 e. The van der Waals surface area contributed by atoms with Crippen molar-refractivity contribution in [3.05, 3.63) is 6.20 Å². The predicted molar refractivity (Wildman–Crippen MR) is 48.0 cm³/mol. The maximum atomic E-state index is 5.65. The lowest BCUT2D eigenvalue weighted by atomic mass is 10.2. The van der Waals surface area contributed by atoms with E-state index in [4.69, 9.17) is 10.5 Å². The van der Waals surface area contributed by atoms with Crippen molar-refractivity contribution in [2.75, 3.05) is 5.73 Å². The molecule has 0 aliphatic carbocycles. The van der Waals surface area contributed by atoms with Gasteiger partial charge in [-0.25, -0.2) is 4.68 Å². The fourth-order valence-electron chi connectivity index (χ4n) is 1.63. The lowest BCUT2D eigenvalue weighted by molar-refractivity contribution is 0.0434. The number of nitrogens with zero attached hydrogens (tertiary/aromatic N) is 3. The minimum Gasteiger partial charge on any atom is -0.381 e. The molecule has 2 atom stereocenters. The van der Waals surface area contributed by atoms with Crippen molar-refractivity contribution in [3.63, 3.8) is 0 Å². The highest BCUT2D eigenvalue weighted by atomic mass is 16.5. The highest BCUT2D eigenvalue weighted by Crippen LogP contribution is 2.20. The summed E-state index contributed by atoms with van der Waals surface area (Å²) >= 11 is 0. The first kappa shape index (κ1) is 8.50. The van der Waals surface area contributed by atoms with Gasteiger partial charge in [-0.3, -0.25) is 0 Å². The Bertz CT molecular complexity index is 285. The second kappa shape index (κ2) is 3.33. The van der Waals surface area contributed by atoms with Gasteiger partial charge >= 0.3 is 0 Å². The Morgan fingerprint density at radius 2 is 2.54 bits per heavy atom. The number of anilines is 1. The van der Waals surface area contributed by atoms with Crippen molar-refractivity contribution in [2.45, 2.75) is 38.5 Å². The van der Waals surface area contributed by atoms with Crippen LogP contribution < -0.4 is 5.73 Å². The number of aromatic nitrogens is 3. The fourth-order valence-corrected chi connectivity index (χ4v) is 1.63. The minimum atomic E-state index is 0.274. The summed E-state index contributed by atoms with van der Waals surface area (Å²) in [4.78, 5) is 0. The number of hydrogen-bond acceptors (Lipinski definition) is 4. The fraction of sp³-hybridized carbons (Fsp3) is 0.750. The van der Waals surface area contributed by atoms with Crippen LogP contribution in [-0.4, -0.2) is 27.2 Å². The van der Waals surface area contributed by atoms with E-state index in [0.717, 1.165) is 19.4 Å². The van der Waals surface area contributed by atoms with E-state index in [-0.39, 0.29) is 6.10 Å². The molecule has 1 fully saturated rings. The third kappa shape index (κ3) is 1.98. The minimum absolute atomic E-state index is 0.274. The zero-order valence-corrected chi connectivity index (χ0v) is 7.68. The summed E-state index contributed by atoms with van der Waals surface area (Å²) < 4.78 is 7.38. The molecule has 2 heterocycles. The van der Waals surface area contributed by atoms with E-state index in [9.17, 15) is 0 Å². The zero-order chi connectivity index (χ0) is 9.26. The van der Waals surface area contributed by atoms with Crippen LogP contribution in [-0.2, 0) is 11.3 Å². The molecule has 13 heavy (non-hydrogen) atoms. The second-order valence-corrected chi connectivity index (χ2v) is 3.51. The van der Waals surface area contributed by atoms with Crippen LogP contribution >= 0.6 is 0 Å². The van der Waals surface area contributed by atoms with E-state index in [1.165, 1.54) is 0 Å². The summed E-state index contributed by atoms with van der Waals surface area (Å²) in [5, 5.41) is 7.58. The van der Waals surface area contributed by atoms with Gasteiger partial charge in [0.15, 0.2) is 5.82 Å². The van der Waals surface area contributed by atoms with Crippen LogP contribution in [0.4, 0.5) is 5.82 Å². The van der Waals surface area contributed by atoms with Gasteiger partial charge in [0, 0.05) is 0 Å². The lowest BCUT2D eigenvalue weighted by Crippen LogP contribution is -2.16. The molecule has 1 aliphatic rings. The van der Waals surface area contributed by atoms with Gasteiger partial charge in [-0.1, -0.05) is 5.21 Å². The van der Waals surface area contributed by atoms with Crippen LogP contribution in [0.5, 0.6) is 0 Å². The highest BCUT2D eigenvalue weighted by Gasteiger charge is 2.22. The molecule has 2 N–H and O–H groups in total. The Hall–Kier alpha value is -1.10. The standard InChI is InChI=1S/C8H14N4O/c1-6-2-3-7(13-6)4-12-5-8(9)10-11-12/h5-7H,2-4,9H2,1H3. The maximum Gasteiger partial charge on any atom is 0.165 e. The number of nitrogens with two attached hydrogens (primary N) is 1. The quantitative estimate of drug-likeness (QED) is 0.720. The number of ether oxygens (including phenoxy) is 1. The van der Waals surface area contributed by atoms with E-state index >= 15 is 0 Å². The van der Waals surface area contributed by atoms with Gasteiger partial charge in [-0.2, -0.15) is 0 Å². The van der Waals surface area contributed by atoms with Crippen molar-refractivity contribution >= 4 is 5.82 Å². The van der Waals surface area contributed by atoms with E-state index in [1.807, 2.05) is 0 Å². The van der Waals surface area contributed by atoms with Gasteiger partial charge < -0.3 is 10.5 Å². The molecule has 1 aliphatic heterocycles. The molecule has 5 nitrogen and oxygen atoms in total. The van der Waals surface area contributed by atoms with Crippen molar-refractivity contribution < 1.29 is 4.74 Å².